The van der Waals surface area contributed by atoms with Crippen molar-refractivity contribution in [3.8, 4) is 0 Å². The fourth-order valence-corrected chi connectivity index (χ4v) is 3.75. The molecule has 6 heteroatoms. The molecule has 1 atom stereocenters. The second-order valence-electron chi connectivity index (χ2n) is 6.78. The van der Waals surface area contributed by atoms with E-state index in [4.69, 9.17) is 5.11 Å². The number of benzene rings is 1. The zero-order valence-corrected chi connectivity index (χ0v) is 13.0. The molecule has 6 nitrogen and oxygen atoms in total. The number of imide groups is 1. The Bertz CT molecular complexity index is 654. The molecule has 0 saturated carbocycles. The first-order valence-electron chi connectivity index (χ1n) is 8.19. The van der Waals surface area contributed by atoms with E-state index < -0.39 is 0 Å². The van der Waals surface area contributed by atoms with E-state index in [1.165, 1.54) is 16.8 Å². The Morgan fingerprint density at radius 3 is 2.70 bits per heavy atom. The zero-order chi connectivity index (χ0) is 16.0. The number of fused-ring (bicyclic) bond motifs is 1. The SMILES string of the molecule is O=C1CCC(N2Cc3ccc(N4CC(CO)C4)cc3C2)C(=O)N1. The van der Waals surface area contributed by atoms with Gasteiger partial charge >= 0.3 is 0 Å². The van der Waals surface area contributed by atoms with Gasteiger partial charge in [-0.1, -0.05) is 6.07 Å². The van der Waals surface area contributed by atoms with Crippen molar-refractivity contribution in [2.75, 3.05) is 24.6 Å². The van der Waals surface area contributed by atoms with Crippen molar-refractivity contribution in [1.82, 2.24) is 10.2 Å². The summed E-state index contributed by atoms with van der Waals surface area (Å²) in [5, 5.41) is 11.6. The van der Waals surface area contributed by atoms with Crippen LogP contribution in [0.1, 0.15) is 24.0 Å². The maximum Gasteiger partial charge on any atom is 0.243 e. The standard InChI is InChI=1S/C17H21N3O3/c21-10-11-6-19(7-11)14-2-1-12-8-20(9-13(12)5-14)15-3-4-16(22)18-17(15)23/h1-2,5,11,15,21H,3-4,6-10H2,(H,18,22,23). The third-order valence-corrected chi connectivity index (χ3v) is 5.17. The normalized spacial score (nSPS) is 25.3. The average Bonchev–Trinajstić information content (AvgIpc) is 2.89. The van der Waals surface area contributed by atoms with E-state index in [0.717, 1.165) is 26.2 Å². The Morgan fingerprint density at radius 1 is 1.17 bits per heavy atom. The molecule has 4 rings (SSSR count). The first kappa shape index (κ1) is 14.7. The number of piperidine rings is 1. The summed E-state index contributed by atoms with van der Waals surface area (Å²) in [4.78, 5) is 27.8. The van der Waals surface area contributed by atoms with E-state index >= 15 is 0 Å². The Morgan fingerprint density at radius 2 is 1.96 bits per heavy atom. The van der Waals surface area contributed by atoms with Crippen molar-refractivity contribution in [1.29, 1.82) is 0 Å². The van der Waals surface area contributed by atoms with Crippen LogP contribution in [-0.2, 0) is 22.7 Å². The number of hydrogen-bond acceptors (Lipinski definition) is 5. The topological polar surface area (TPSA) is 72.9 Å². The van der Waals surface area contributed by atoms with Crippen LogP contribution >= 0.6 is 0 Å². The molecule has 1 aromatic carbocycles. The Labute approximate surface area is 135 Å². The fourth-order valence-electron chi connectivity index (χ4n) is 3.75. The third kappa shape index (κ3) is 2.62. The van der Waals surface area contributed by atoms with Gasteiger partial charge in [0, 0.05) is 50.8 Å². The largest absolute Gasteiger partial charge is 0.396 e. The highest BCUT2D eigenvalue weighted by Gasteiger charge is 2.35. The van der Waals surface area contributed by atoms with Gasteiger partial charge in [-0.05, 0) is 29.7 Å². The summed E-state index contributed by atoms with van der Waals surface area (Å²) in [6.45, 7) is 3.59. The predicted octanol–water partition coefficient (Wildman–Crippen LogP) is 0.236. The van der Waals surface area contributed by atoms with Crippen molar-refractivity contribution in [3.63, 3.8) is 0 Å². The molecule has 0 bridgehead atoms. The highest BCUT2D eigenvalue weighted by Crippen LogP contribution is 2.32. The molecule has 0 aromatic heterocycles. The van der Waals surface area contributed by atoms with Gasteiger partial charge in [-0.15, -0.1) is 0 Å². The number of hydrogen-bond donors (Lipinski definition) is 2. The van der Waals surface area contributed by atoms with Gasteiger partial charge in [0.1, 0.15) is 0 Å². The van der Waals surface area contributed by atoms with Gasteiger partial charge in [0.15, 0.2) is 0 Å². The molecule has 0 radical (unpaired) electrons. The second kappa shape index (κ2) is 5.62. The number of anilines is 1. The van der Waals surface area contributed by atoms with Gasteiger partial charge in [0.2, 0.25) is 11.8 Å². The lowest BCUT2D eigenvalue weighted by Crippen LogP contribution is -2.50. The number of nitrogens with zero attached hydrogens (tertiary/aromatic N) is 2. The minimum atomic E-state index is -0.202. The van der Waals surface area contributed by atoms with Crippen LogP contribution in [0.3, 0.4) is 0 Å². The van der Waals surface area contributed by atoms with Crippen LogP contribution < -0.4 is 10.2 Å². The van der Waals surface area contributed by atoms with E-state index in [9.17, 15) is 9.59 Å². The van der Waals surface area contributed by atoms with E-state index in [2.05, 4.69) is 33.3 Å². The lowest BCUT2D eigenvalue weighted by Gasteiger charge is -2.40. The van der Waals surface area contributed by atoms with Gasteiger partial charge in [-0.25, -0.2) is 0 Å². The molecule has 2 amide bonds. The van der Waals surface area contributed by atoms with E-state index in [-0.39, 0.29) is 24.5 Å². The smallest absolute Gasteiger partial charge is 0.243 e. The van der Waals surface area contributed by atoms with Crippen molar-refractivity contribution >= 4 is 17.5 Å². The Balaban J connectivity index is 1.45. The minimum Gasteiger partial charge on any atom is -0.396 e. The molecule has 0 spiro atoms. The van der Waals surface area contributed by atoms with Crippen LogP contribution in [0.2, 0.25) is 0 Å². The summed E-state index contributed by atoms with van der Waals surface area (Å²) in [6, 6.07) is 6.27. The summed E-state index contributed by atoms with van der Waals surface area (Å²) in [7, 11) is 0. The molecule has 2 N–H and O–H groups in total. The molecule has 122 valence electrons. The molecule has 1 aromatic rings. The number of carbonyl (C=O) groups is 2. The fraction of sp³-hybridized carbons (Fsp3) is 0.529. The summed E-state index contributed by atoms with van der Waals surface area (Å²) < 4.78 is 0. The summed E-state index contributed by atoms with van der Waals surface area (Å²) in [6.07, 6.45) is 1.03. The van der Waals surface area contributed by atoms with Gasteiger partial charge in [-0.3, -0.25) is 19.8 Å². The first-order valence-corrected chi connectivity index (χ1v) is 8.19. The molecule has 2 saturated heterocycles. The summed E-state index contributed by atoms with van der Waals surface area (Å²) >= 11 is 0. The number of aliphatic hydroxyl groups is 1. The van der Waals surface area contributed by atoms with E-state index in [1.807, 2.05) is 0 Å². The number of amides is 2. The summed E-state index contributed by atoms with van der Waals surface area (Å²) in [5.41, 5.74) is 3.72. The number of carbonyl (C=O) groups excluding carboxylic acids is 2. The molecule has 3 aliphatic heterocycles. The quantitative estimate of drug-likeness (QED) is 0.782. The van der Waals surface area contributed by atoms with Gasteiger partial charge in [0.25, 0.3) is 0 Å². The van der Waals surface area contributed by atoms with Crippen LogP contribution in [-0.4, -0.2) is 47.6 Å². The van der Waals surface area contributed by atoms with Crippen molar-refractivity contribution in [2.45, 2.75) is 32.0 Å². The molecule has 0 aliphatic carbocycles. The maximum absolute atomic E-state index is 12.0. The maximum atomic E-state index is 12.0. The van der Waals surface area contributed by atoms with Gasteiger partial charge in [-0.2, -0.15) is 0 Å². The third-order valence-electron chi connectivity index (χ3n) is 5.17. The monoisotopic (exact) mass is 315 g/mol. The molecular formula is C17H21N3O3. The number of rotatable bonds is 3. The molecule has 2 fully saturated rings. The molecule has 23 heavy (non-hydrogen) atoms. The number of nitrogens with one attached hydrogen (secondary N) is 1. The van der Waals surface area contributed by atoms with E-state index in [0.29, 0.717) is 18.8 Å². The zero-order valence-electron chi connectivity index (χ0n) is 13.0. The lowest BCUT2D eigenvalue weighted by molar-refractivity contribution is -0.137. The molecule has 3 aliphatic rings. The Kier molecular flexibility index (Phi) is 3.58. The molecular weight excluding hydrogens is 294 g/mol. The van der Waals surface area contributed by atoms with E-state index in [1.54, 1.807) is 0 Å². The average molecular weight is 315 g/mol. The Hall–Kier alpha value is -1.92. The van der Waals surface area contributed by atoms with Crippen LogP contribution in [0.15, 0.2) is 18.2 Å². The van der Waals surface area contributed by atoms with Crippen LogP contribution in [0, 0.1) is 5.92 Å². The summed E-state index contributed by atoms with van der Waals surface area (Å²) in [5.74, 6) is 0.0625. The lowest BCUT2D eigenvalue weighted by atomic mass is 9.99. The van der Waals surface area contributed by atoms with Gasteiger partial charge in [0.05, 0.1) is 6.04 Å². The van der Waals surface area contributed by atoms with Crippen molar-refractivity contribution in [2.24, 2.45) is 5.92 Å². The highest BCUT2D eigenvalue weighted by molar-refractivity contribution is 6.00. The molecule has 1 unspecified atom stereocenters. The molecule has 3 heterocycles. The first-order chi connectivity index (χ1) is 11.1. The minimum absolute atomic E-state index is 0.164. The second-order valence-corrected chi connectivity index (χ2v) is 6.78. The predicted molar refractivity (Wildman–Crippen MR) is 84.6 cm³/mol. The highest BCUT2D eigenvalue weighted by atomic mass is 16.3. The van der Waals surface area contributed by atoms with Crippen LogP contribution in [0.25, 0.3) is 0 Å². The van der Waals surface area contributed by atoms with Crippen molar-refractivity contribution in [3.05, 3.63) is 29.3 Å². The van der Waals surface area contributed by atoms with Crippen LogP contribution in [0.4, 0.5) is 5.69 Å². The number of aliphatic hydroxyl groups excluding tert-OH is 1. The van der Waals surface area contributed by atoms with Crippen LogP contribution in [0.5, 0.6) is 0 Å². The van der Waals surface area contributed by atoms with Gasteiger partial charge < -0.3 is 10.0 Å². The van der Waals surface area contributed by atoms with Crippen molar-refractivity contribution < 1.29 is 14.7 Å².